The first-order valence-electron chi connectivity index (χ1n) is 10.7. The minimum atomic E-state index is 0.0749. The van der Waals surface area contributed by atoms with Crippen molar-refractivity contribution in [1.82, 2.24) is 14.0 Å². The van der Waals surface area contributed by atoms with Crippen LogP contribution in [0.25, 0.3) is 10.9 Å². The minimum Gasteiger partial charge on any atom is -0.383 e. The van der Waals surface area contributed by atoms with Gasteiger partial charge in [-0.15, -0.1) is 0 Å². The molecule has 156 valence electrons. The second-order valence-electron chi connectivity index (χ2n) is 8.53. The number of carbonyl (C=O) groups excluding carboxylic acids is 1. The van der Waals surface area contributed by atoms with E-state index in [9.17, 15) is 9.59 Å². The second-order valence-corrected chi connectivity index (χ2v) is 8.53. The van der Waals surface area contributed by atoms with Gasteiger partial charge < -0.3 is 18.8 Å². The van der Waals surface area contributed by atoms with Crippen molar-refractivity contribution in [1.29, 1.82) is 0 Å². The molecule has 0 aliphatic carbocycles. The van der Waals surface area contributed by atoms with Gasteiger partial charge in [-0.1, -0.05) is 24.3 Å². The van der Waals surface area contributed by atoms with E-state index in [0.717, 1.165) is 41.7 Å². The summed E-state index contributed by atoms with van der Waals surface area (Å²) < 4.78 is 9.32. The number of hydrogen-bond donors (Lipinski definition) is 0. The summed E-state index contributed by atoms with van der Waals surface area (Å²) in [5, 5.41) is 1.14. The number of para-hydroxylation sites is 1. The molecule has 6 nitrogen and oxygen atoms in total. The highest BCUT2D eigenvalue weighted by atomic mass is 16.5. The molecular weight excluding hydrogens is 378 g/mol. The Balaban J connectivity index is 1.37. The third-order valence-corrected chi connectivity index (χ3v) is 6.58. The zero-order chi connectivity index (χ0) is 20.7. The zero-order valence-corrected chi connectivity index (χ0v) is 17.3. The van der Waals surface area contributed by atoms with Crippen molar-refractivity contribution in [2.45, 2.75) is 31.8 Å². The maximum atomic E-state index is 13.3. The van der Waals surface area contributed by atoms with Crippen molar-refractivity contribution in [2.75, 3.05) is 26.8 Å². The Morgan fingerprint density at radius 2 is 1.97 bits per heavy atom. The normalized spacial score (nSPS) is 20.4. The summed E-state index contributed by atoms with van der Waals surface area (Å²) in [6, 6.07) is 13.8. The predicted molar refractivity (Wildman–Crippen MR) is 116 cm³/mol. The predicted octanol–water partition coefficient (Wildman–Crippen LogP) is 2.64. The highest BCUT2D eigenvalue weighted by Gasteiger charge is 2.36. The number of fused-ring (bicyclic) bond motifs is 5. The minimum absolute atomic E-state index is 0.0749. The number of methoxy groups -OCH3 is 1. The molecule has 3 aromatic rings. The molecule has 5 rings (SSSR count). The fraction of sp³-hybridized carbons (Fsp3) is 0.417. The Bertz CT molecular complexity index is 1150. The molecule has 2 bridgehead atoms. The Hall–Kier alpha value is -2.86. The first-order chi connectivity index (χ1) is 14.6. The highest BCUT2D eigenvalue weighted by Crippen LogP contribution is 2.35. The third-order valence-electron chi connectivity index (χ3n) is 6.58. The fourth-order valence-corrected chi connectivity index (χ4v) is 5.21. The SMILES string of the molecule is COCCn1cc(CC(=O)N2C[C@@H]3C[C@H](C2)c2cccc(=O)n2C3)c2ccccc21. The second kappa shape index (κ2) is 7.76. The number of carbonyl (C=O) groups is 1. The van der Waals surface area contributed by atoms with E-state index in [4.69, 9.17) is 4.74 Å². The van der Waals surface area contributed by atoms with Gasteiger partial charge >= 0.3 is 0 Å². The molecule has 0 radical (unpaired) electrons. The van der Waals surface area contributed by atoms with Crippen LogP contribution in [-0.4, -0.2) is 46.7 Å². The zero-order valence-electron chi connectivity index (χ0n) is 17.3. The molecule has 1 amide bonds. The fourth-order valence-electron chi connectivity index (χ4n) is 5.21. The van der Waals surface area contributed by atoms with Gasteiger partial charge in [0.2, 0.25) is 5.91 Å². The van der Waals surface area contributed by atoms with Gasteiger partial charge in [-0.05, 0) is 30.0 Å². The highest BCUT2D eigenvalue weighted by molar-refractivity contribution is 5.89. The smallest absolute Gasteiger partial charge is 0.250 e. The number of hydrogen-bond acceptors (Lipinski definition) is 3. The lowest BCUT2D eigenvalue weighted by atomic mass is 9.83. The van der Waals surface area contributed by atoms with Gasteiger partial charge in [0.25, 0.3) is 5.56 Å². The first kappa shape index (κ1) is 19.1. The molecule has 2 aromatic heterocycles. The maximum absolute atomic E-state index is 13.3. The molecule has 2 aliphatic heterocycles. The van der Waals surface area contributed by atoms with Gasteiger partial charge in [0.15, 0.2) is 0 Å². The van der Waals surface area contributed by atoms with E-state index >= 15 is 0 Å². The molecule has 1 saturated heterocycles. The molecule has 1 fully saturated rings. The monoisotopic (exact) mass is 405 g/mol. The summed E-state index contributed by atoms with van der Waals surface area (Å²) in [7, 11) is 1.70. The molecule has 6 heteroatoms. The number of aromatic nitrogens is 2. The average Bonchev–Trinajstić information content (AvgIpc) is 3.10. The molecule has 0 N–H and O–H groups in total. The van der Waals surface area contributed by atoms with Crippen LogP contribution in [0.1, 0.15) is 23.6 Å². The number of rotatable bonds is 5. The summed E-state index contributed by atoms with van der Waals surface area (Å²) in [4.78, 5) is 27.5. The molecule has 1 aromatic carbocycles. The van der Waals surface area contributed by atoms with Crippen molar-refractivity contribution in [2.24, 2.45) is 5.92 Å². The van der Waals surface area contributed by atoms with E-state index in [2.05, 4.69) is 22.9 Å². The van der Waals surface area contributed by atoms with Gasteiger partial charge in [0.05, 0.1) is 13.0 Å². The van der Waals surface area contributed by atoms with E-state index in [1.165, 1.54) is 0 Å². The van der Waals surface area contributed by atoms with Crippen LogP contribution in [0.3, 0.4) is 0 Å². The number of nitrogens with zero attached hydrogens (tertiary/aromatic N) is 3. The number of likely N-dealkylation sites (tertiary alicyclic amines) is 1. The molecule has 30 heavy (non-hydrogen) atoms. The molecule has 2 atom stereocenters. The lowest BCUT2D eigenvalue weighted by Crippen LogP contribution is -2.49. The van der Waals surface area contributed by atoms with Gasteiger partial charge in [0, 0.05) is 68.1 Å². The summed E-state index contributed by atoms with van der Waals surface area (Å²) in [5.41, 5.74) is 3.36. The lowest BCUT2D eigenvalue weighted by Gasteiger charge is -2.42. The van der Waals surface area contributed by atoms with Crippen LogP contribution in [0.2, 0.25) is 0 Å². The van der Waals surface area contributed by atoms with Gasteiger partial charge in [0.1, 0.15) is 0 Å². The quantitative estimate of drug-likeness (QED) is 0.656. The van der Waals surface area contributed by atoms with E-state index < -0.39 is 0 Å². The van der Waals surface area contributed by atoms with E-state index in [0.29, 0.717) is 32.0 Å². The molecule has 4 heterocycles. The summed E-state index contributed by atoms with van der Waals surface area (Å²) >= 11 is 0. The topological polar surface area (TPSA) is 56.5 Å². The largest absolute Gasteiger partial charge is 0.383 e. The molecule has 0 saturated carbocycles. The number of benzene rings is 1. The van der Waals surface area contributed by atoms with Gasteiger partial charge in [-0.2, -0.15) is 0 Å². The molecule has 0 spiro atoms. The molecule has 0 unspecified atom stereocenters. The summed E-state index contributed by atoms with van der Waals surface area (Å²) in [5.74, 6) is 0.771. The van der Waals surface area contributed by atoms with E-state index in [1.54, 1.807) is 13.2 Å². The number of piperidine rings is 1. The van der Waals surface area contributed by atoms with Crippen LogP contribution in [-0.2, 0) is 29.0 Å². The average molecular weight is 405 g/mol. The van der Waals surface area contributed by atoms with Crippen LogP contribution in [0.15, 0.2) is 53.5 Å². The van der Waals surface area contributed by atoms with Crippen molar-refractivity contribution < 1.29 is 9.53 Å². The standard InChI is InChI=1S/C24H27N3O3/c1-30-10-9-25-15-18(20-5-2-3-6-22(20)25)12-24(29)26-13-17-11-19(16-26)21-7-4-8-23(28)27(21)14-17/h2-8,15,17,19H,9-14,16H2,1H3/t17-,19+/m0/s1. The number of amides is 1. The molecule has 2 aliphatic rings. The number of pyridine rings is 1. The van der Waals surface area contributed by atoms with Crippen LogP contribution in [0.4, 0.5) is 0 Å². The maximum Gasteiger partial charge on any atom is 0.250 e. The van der Waals surface area contributed by atoms with Crippen LogP contribution in [0, 0.1) is 5.92 Å². The van der Waals surface area contributed by atoms with Crippen molar-refractivity contribution in [3.63, 3.8) is 0 Å². The lowest BCUT2D eigenvalue weighted by molar-refractivity contribution is -0.133. The number of ether oxygens (including phenoxy) is 1. The summed E-state index contributed by atoms with van der Waals surface area (Å²) in [6.45, 7) is 3.55. The van der Waals surface area contributed by atoms with Crippen molar-refractivity contribution in [3.8, 4) is 0 Å². The van der Waals surface area contributed by atoms with E-state index in [1.807, 2.05) is 33.7 Å². The van der Waals surface area contributed by atoms with Crippen LogP contribution in [0.5, 0.6) is 0 Å². The van der Waals surface area contributed by atoms with Crippen LogP contribution < -0.4 is 5.56 Å². The van der Waals surface area contributed by atoms with Crippen LogP contribution >= 0.6 is 0 Å². The molecular formula is C24H27N3O3. The Labute approximate surface area is 175 Å². The Morgan fingerprint density at radius 3 is 2.83 bits per heavy atom. The van der Waals surface area contributed by atoms with Gasteiger partial charge in [-0.25, -0.2) is 0 Å². The first-order valence-corrected chi connectivity index (χ1v) is 10.7. The van der Waals surface area contributed by atoms with Crippen molar-refractivity contribution in [3.05, 3.63) is 70.3 Å². The van der Waals surface area contributed by atoms with E-state index in [-0.39, 0.29) is 17.4 Å². The van der Waals surface area contributed by atoms with Crippen molar-refractivity contribution >= 4 is 16.8 Å². The Morgan fingerprint density at radius 1 is 1.10 bits per heavy atom. The summed E-state index contributed by atoms with van der Waals surface area (Å²) in [6.07, 6.45) is 3.56. The Kier molecular flexibility index (Phi) is 4.95. The third kappa shape index (κ3) is 3.35. The van der Waals surface area contributed by atoms with Gasteiger partial charge in [-0.3, -0.25) is 9.59 Å².